The smallest absolute Gasteiger partial charge is 0.343 e. The summed E-state index contributed by atoms with van der Waals surface area (Å²) in [6.45, 7) is 3.52. The van der Waals surface area contributed by atoms with Crippen LogP contribution in [0.1, 0.15) is 22.3 Å². The summed E-state index contributed by atoms with van der Waals surface area (Å²) in [7, 11) is 0. The first-order valence-corrected chi connectivity index (χ1v) is 7.33. The second kappa shape index (κ2) is 5.77. The van der Waals surface area contributed by atoms with Gasteiger partial charge in [0, 0.05) is 5.56 Å². The van der Waals surface area contributed by atoms with Crippen LogP contribution in [0, 0.1) is 13.8 Å². The minimum atomic E-state index is -0.498. The molecule has 0 bridgehead atoms. The predicted molar refractivity (Wildman–Crippen MR) is 89.4 cm³/mol. The molecule has 0 saturated carbocycles. The number of hydrogen-bond acceptors (Lipinski definition) is 5. The quantitative estimate of drug-likeness (QED) is 0.448. The summed E-state index contributed by atoms with van der Waals surface area (Å²) in [5.41, 5.74) is 3.04. The average molecular weight is 324 g/mol. The van der Waals surface area contributed by atoms with E-state index in [0.717, 1.165) is 5.56 Å². The Morgan fingerprint density at radius 3 is 2.33 bits per heavy atom. The molecule has 3 N–H and O–H groups in total. The highest BCUT2D eigenvalue weighted by Crippen LogP contribution is 2.35. The fourth-order valence-corrected chi connectivity index (χ4v) is 2.52. The SMILES string of the molecule is Cc1cc(/C=C2\C=C(c3cc(O)c(O)cc3C)OC2=O)ccc1O. The summed E-state index contributed by atoms with van der Waals surface area (Å²) in [5.74, 6) is -0.495. The van der Waals surface area contributed by atoms with E-state index >= 15 is 0 Å². The number of phenols is 3. The number of aryl methyl sites for hydroxylation is 2. The standard InChI is InChI=1S/C19H16O5/c1-10-6-16(21)17(22)9-14(10)18-8-13(19(23)24-18)7-12-3-4-15(20)11(2)5-12/h3-9,20-22H,1-2H3/b13-7+. The molecule has 1 heterocycles. The van der Waals surface area contributed by atoms with Crippen molar-refractivity contribution in [3.05, 3.63) is 64.2 Å². The Kier molecular flexibility index (Phi) is 3.77. The van der Waals surface area contributed by atoms with Crippen LogP contribution in [0.4, 0.5) is 0 Å². The van der Waals surface area contributed by atoms with Crippen LogP contribution in [0.15, 0.2) is 42.0 Å². The highest BCUT2D eigenvalue weighted by Gasteiger charge is 2.24. The number of cyclic esters (lactones) is 1. The monoisotopic (exact) mass is 324 g/mol. The lowest BCUT2D eigenvalue weighted by molar-refractivity contribution is -0.130. The van der Waals surface area contributed by atoms with Gasteiger partial charge in [-0.25, -0.2) is 4.79 Å². The number of ether oxygens (including phenoxy) is 1. The van der Waals surface area contributed by atoms with Crippen LogP contribution in [0.2, 0.25) is 0 Å². The molecule has 1 aliphatic heterocycles. The van der Waals surface area contributed by atoms with Crippen molar-refractivity contribution in [3.8, 4) is 17.2 Å². The molecule has 1 aliphatic rings. The van der Waals surface area contributed by atoms with E-state index in [9.17, 15) is 20.1 Å². The second-order valence-corrected chi connectivity index (χ2v) is 5.70. The summed E-state index contributed by atoms with van der Waals surface area (Å²) in [4.78, 5) is 12.1. The molecule has 0 aromatic heterocycles. The molecule has 0 radical (unpaired) electrons. The van der Waals surface area contributed by atoms with Gasteiger partial charge in [0.05, 0.1) is 5.57 Å². The summed E-state index contributed by atoms with van der Waals surface area (Å²) in [5, 5.41) is 28.7. The van der Waals surface area contributed by atoms with Gasteiger partial charge < -0.3 is 20.1 Å². The Morgan fingerprint density at radius 2 is 1.62 bits per heavy atom. The van der Waals surface area contributed by atoms with Crippen LogP contribution >= 0.6 is 0 Å². The Morgan fingerprint density at radius 1 is 0.917 bits per heavy atom. The summed E-state index contributed by atoms with van der Waals surface area (Å²) in [6.07, 6.45) is 3.25. The fourth-order valence-electron chi connectivity index (χ4n) is 2.52. The van der Waals surface area contributed by atoms with Crippen molar-refractivity contribution < 1.29 is 24.9 Å². The second-order valence-electron chi connectivity index (χ2n) is 5.70. The number of carbonyl (C=O) groups is 1. The lowest BCUT2D eigenvalue weighted by Gasteiger charge is -2.07. The molecule has 0 aliphatic carbocycles. The maximum absolute atomic E-state index is 12.1. The number of rotatable bonds is 2. The van der Waals surface area contributed by atoms with E-state index in [1.165, 1.54) is 12.1 Å². The third kappa shape index (κ3) is 2.84. The third-order valence-electron chi connectivity index (χ3n) is 3.85. The first-order valence-electron chi connectivity index (χ1n) is 7.33. The Labute approximate surface area is 138 Å². The molecule has 2 aromatic rings. The molecular weight excluding hydrogens is 308 g/mol. The van der Waals surface area contributed by atoms with Gasteiger partial charge in [0.2, 0.25) is 0 Å². The van der Waals surface area contributed by atoms with Crippen molar-refractivity contribution in [2.45, 2.75) is 13.8 Å². The Bertz CT molecular complexity index is 906. The summed E-state index contributed by atoms with van der Waals surface area (Å²) >= 11 is 0. The summed E-state index contributed by atoms with van der Waals surface area (Å²) in [6, 6.07) is 7.79. The normalized spacial score (nSPS) is 15.5. The van der Waals surface area contributed by atoms with Gasteiger partial charge >= 0.3 is 5.97 Å². The number of hydrogen-bond donors (Lipinski definition) is 3. The van der Waals surface area contributed by atoms with Crippen LogP contribution in [0.5, 0.6) is 17.2 Å². The molecule has 0 amide bonds. The highest BCUT2D eigenvalue weighted by molar-refractivity contribution is 6.05. The fraction of sp³-hybridized carbons (Fsp3) is 0.105. The molecule has 122 valence electrons. The molecule has 24 heavy (non-hydrogen) atoms. The molecular formula is C19H16O5. The van der Waals surface area contributed by atoms with Crippen LogP contribution in [-0.2, 0) is 9.53 Å². The molecule has 5 heteroatoms. The molecule has 2 aromatic carbocycles. The van der Waals surface area contributed by atoms with Gasteiger partial charge in [0.1, 0.15) is 11.5 Å². The number of esters is 1. The topological polar surface area (TPSA) is 87.0 Å². The maximum Gasteiger partial charge on any atom is 0.343 e. The molecule has 0 atom stereocenters. The van der Waals surface area contributed by atoms with Gasteiger partial charge in [0.25, 0.3) is 0 Å². The molecule has 0 spiro atoms. The zero-order chi connectivity index (χ0) is 17.4. The number of carbonyl (C=O) groups excluding carboxylic acids is 1. The van der Waals surface area contributed by atoms with Gasteiger partial charge in [-0.3, -0.25) is 0 Å². The van der Waals surface area contributed by atoms with E-state index in [4.69, 9.17) is 4.74 Å². The van der Waals surface area contributed by atoms with Crippen molar-refractivity contribution in [1.82, 2.24) is 0 Å². The van der Waals surface area contributed by atoms with Crippen molar-refractivity contribution in [1.29, 1.82) is 0 Å². The third-order valence-corrected chi connectivity index (χ3v) is 3.85. The molecule has 0 unspecified atom stereocenters. The van der Waals surface area contributed by atoms with Crippen LogP contribution in [-0.4, -0.2) is 21.3 Å². The zero-order valence-corrected chi connectivity index (χ0v) is 13.2. The van der Waals surface area contributed by atoms with Crippen LogP contribution < -0.4 is 0 Å². The number of phenolic OH excluding ortho intramolecular Hbond substituents is 3. The minimum absolute atomic E-state index is 0.192. The number of aromatic hydroxyl groups is 3. The van der Waals surface area contributed by atoms with Gasteiger partial charge in [0.15, 0.2) is 11.5 Å². The van der Waals surface area contributed by atoms with Gasteiger partial charge in [-0.1, -0.05) is 6.07 Å². The van der Waals surface area contributed by atoms with Gasteiger partial charge in [-0.15, -0.1) is 0 Å². The number of benzene rings is 2. The molecule has 3 rings (SSSR count). The lowest BCUT2D eigenvalue weighted by Crippen LogP contribution is -1.98. The Hall–Kier alpha value is -3.21. The zero-order valence-electron chi connectivity index (χ0n) is 13.2. The van der Waals surface area contributed by atoms with E-state index in [2.05, 4.69) is 0 Å². The molecule has 0 saturated heterocycles. The van der Waals surface area contributed by atoms with Crippen molar-refractivity contribution >= 4 is 17.8 Å². The van der Waals surface area contributed by atoms with Gasteiger partial charge in [-0.05, 0) is 67.0 Å². The molecule has 0 fully saturated rings. The molecule has 5 nitrogen and oxygen atoms in total. The van der Waals surface area contributed by atoms with Crippen molar-refractivity contribution in [3.63, 3.8) is 0 Å². The van der Waals surface area contributed by atoms with E-state index in [0.29, 0.717) is 28.0 Å². The van der Waals surface area contributed by atoms with E-state index in [1.807, 2.05) is 0 Å². The van der Waals surface area contributed by atoms with Crippen LogP contribution in [0.3, 0.4) is 0 Å². The highest BCUT2D eigenvalue weighted by atomic mass is 16.5. The lowest BCUT2D eigenvalue weighted by atomic mass is 10.0. The van der Waals surface area contributed by atoms with E-state index < -0.39 is 5.97 Å². The largest absolute Gasteiger partial charge is 0.508 e. The predicted octanol–water partition coefficient (Wildman–Crippen LogP) is 3.40. The Balaban J connectivity index is 2.00. The minimum Gasteiger partial charge on any atom is -0.508 e. The first kappa shape index (κ1) is 15.7. The van der Waals surface area contributed by atoms with Crippen molar-refractivity contribution in [2.75, 3.05) is 0 Å². The van der Waals surface area contributed by atoms with E-state index in [-0.39, 0.29) is 17.2 Å². The van der Waals surface area contributed by atoms with Crippen LogP contribution in [0.25, 0.3) is 11.8 Å². The maximum atomic E-state index is 12.1. The first-order chi connectivity index (χ1) is 11.3. The average Bonchev–Trinajstić information content (AvgIpc) is 2.87. The van der Waals surface area contributed by atoms with Gasteiger partial charge in [-0.2, -0.15) is 0 Å². The van der Waals surface area contributed by atoms with Crippen molar-refractivity contribution in [2.24, 2.45) is 0 Å². The summed E-state index contributed by atoms with van der Waals surface area (Å²) < 4.78 is 5.27. The van der Waals surface area contributed by atoms with E-state index in [1.54, 1.807) is 44.2 Å².